The molecule has 1 saturated carbocycles. The van der Waals surface area contributed by atoms with Crippen LogP contribution < -0.4 is 5.32 Å². The highest BCUT2D eigenvalue weighted by Gasteiger charge is 2.25. The van der Waals surface area contributed by atoms with E-state index in [-0.39, 0.29) is 22.8 Å². The number of benzene rings is 1. The first-order valence-electron chi connectivity index (χ1n) is 7.07. The average molecular weight is 333 g/mol. The molecule has 0 saturated heterocycles. The summed E-state index contributed by atoms with van der Waals surface area (Å²) in [4.78, 5) is 30.7. The van der Waals surface area contributed by atoms with Crippen LogP contribution in [0.3, 0.4) is 0 Å². The van der Waals surface area contributed by atoms with Crippen LogP contribution in [0.1, 0.15) is 40.5 Å². The van der Waals surface area contributed by atoms with Gasteiger partial charge >= 0.3 is 0 Å². The molecule has 0 spiro atoms. The quantitative estimate of drug-likeness (QED) is 0.670. The smallest absolute Gasteiger partial charge is 0.288 e. The molecule has 1 heterocycles. The lowest BCUT2D eigenvalue weighted by Crippen LogP contribution is -2.23. The Morgan fingerprint density at radius 1 is 1.35 bits per heavy atom. The molecule has 8 heteroatoms. The van der Waals surface area contributed by atoms with Gasteiger partial charge in [-0.15, -0.1) is 0 Å². The number of amides is 1. The summed E-state index contributed by atoms with van der Waals surface area (Å²) in [5, 5.41) is 13.5. The third-order valence-corrected chi connectivity index (χ3v) is 3.90. The highest BCUT2D eigenvalue weighted by Crippen LogP contribution is 2.38. The molecule has 1 N–H and O–H groups in total. The molecular weight excluding hydrogens is 320 g/mol. The molecular formula is C15H13ClN4O3. The fraction of sp³-hybridized carbons (Fsp3) is 0.267. The summed E-state index contributed by atoms with van der Waals surface area (Å²) in [6, 6.07) is 5.82. The predicted octanol–water partition coefficient (Wildman–Crippen LogP) is 2.85. The van der Waals surface area contributed by atoms with E-state index >= 15 is 0 Å². The lowest BCUT2D eigenvalue weighted by Gasteiger charge is -2.06. The Bertz CT molecular complexity index is 777. The van der Waals surface area contributed by atoms with E-state index in [1.165, 1.54) is 18.5 Å². The summed E-state index contributed by atoms with van der Waals surface area (Å²) in [6.07, 6.45) is 3.76. The number of hydrogen-bond acceptors (Lipinski definition) is 5. The number of carbonyl (C=O) groups is 1. The number of nitro groups is 1. The number of nitrogens with one attached hydrogen (secondary N) is 1. The standard InChI is InChI=1S/C15H13ClN4O3/c16-12-4-3-10(5-14(12)20(22)23)15(21)17-7-11-6-13(9-1-2-9)19-8-18-11/h3-6,8-9H,1-2,7H2,(H,17,21). The fourth-order valence-corrected chi connectivity index (χ4v) is 2.37. The van der Waals surface area contributed by atoms with Crippen molar-refractivity contribution in [1.82, 2.24) is 15.3 Å². The van der Waals surface area contributed by atoms with E-state index in [0.29, 0.717) is 11.6 Å². The van der Waals surface area contributed by atoms with Crippen molar-refractivity contribution < 1.29 is 9.72 Å². The van der Waals surface area contributed by atoms with Gasteiger partial charge in [0.05, 0.1) is 17.2 Å². The Morgan fingerprint density at radius 2 is 2.13 bits per heavy atom. The Kier molecular flexibility index (Phi) is 4.20. The largest absolute Gasteiger partial charge is 0.346 e. The molecule has 1 fully saturated rings. The monoisotopic (exact) mass is 332 g/mol. The number of rotatable bonds is 5. The molecule has 1 amide bonds. The van der Waals surface area contributed by atoms with Gasteiger partial charge in [0.1, 0.15) is 11.3 Å². The highest BCUT2D eigenvalue weighted by atomic mass is 35.5. The molecule has 3 rings (SSSR count). The molecule has 23 heavy (non-hydrogen) atoms. The molecule has 1 aliphatic carbocycles. The van der Waals surface area contributed by atoms with Gasteiger partial charge in [-0.1, -0.05) is 11.6 Å². The Labute approximate surface area is 136 Å². The van der Waals surface area contributed by atoms with Crippen molar-refractivity contribution in [2.45, 2.75) is 25.3 Å². The molecule has 0 radical (unpaired) electrons. The van der Waals surface area contributed by atoms with Crippen molar-refractivity contribution in [2.24, 2.45) is 0 Å². The van der Waals surface area contributed by atoms with Gasteiger partial charge in [0.2, 0.25) is 0 Å². The summed E-state index contributed by atoms with van der Waals surface area (Å²) in [7, 11) is 0. The van der Waals surface area contributed by atoms with Crippen LogP contribution in [0.5, 0.6) is 0 Å². The highest BCUT2D eigenvalue weighted by molar-refractivity contribution is 6.32. The van der Waals surface area contributed by atoms with Gasteiger partial charge in [0.25, 0.3) is 11.6 Å². The second-order valence-corrected chi connectivity index (χ2v) is 5.72. The van der Waals surface area contributed by atoms with Crippen LogP contribution in [0.15, 0.2) is 30.6 Å². The van der Waals surface area contributed by atoms with Crippen LogP contribution >= 0.6 is 11.6 Å². The van der Waals surface area contributed by atoms with Gasteiger partial charge in [-0.2, -0.15) is 0 Å². The van der Waals surface area contributed by atoms with E-state index in [9.17, 15) is 14.9 Å². The summed E-state index contributed by atoms with van der Waals surface area (Å²) < 4.78 is 0. The third-order valence-electron chi connectivity index (χ3n) is 3.58. The van der Waals surface area contributed by atoms with Gasteiger partial charge < -0.3 is 5.32 Å². The van der Waals surface area contributed by atoms with Gasteiger partial charge in [0, 0.05) is 23.2 Å². The lowest BCUT2D eigenvalue weighted by atomic mass is 10.2. The number of hydrogen-bond donors (Lipinski definition) is 1. The zero-order chi connectivity index (χ0) is 16.4. The Hall–Kier alpha value is -2.54. The molecule has 0 unspecified atom stereocenters. The Morgan fingerprint density at radius 3 is 2.83 bits per heavy atom. The van der Waals surface area contributed by atoms with Crippen molar-refractivity contribution in [1.29, 1.82) is 0 Å². The van der Waals surface area contributed by atoms with E-state index in [1.54, 1.807) is 0 Å². The normalized spacial score (nSPS) is 13.6. The molecule has 118 valence electrons. The first-order chi connectivity index (χ1) is 11.0. The lowest BCUT2D eigenvalue weighted by molar-refractivity contribution is -0.384. The summed E-state index contributed by atoms with van der Waals surface area (Å²) in [5.74, 6) is 0.0858. The SMILES string of the molecule is O=C(NCc1cc(C2CC2)ncn1)c1ccc(Cl)c([N+](=O)[O-])c1. The van der Waals surface area contributed by atoms with Crippen molar-refractivity contribution in [2.75, 3.05) is 0 Å². The van der Waals surface area contributed by atoms with Crippen LogP contribution in [0.2, 0.25) is 5.02 Å². The molecule has 0 aliphatic heterocycles. The minimum Gasteiger partial charge on any atom is -0.346 e. The third kappa shape index (κ3) is 3.62. The molecule has 1 aliphatic rings. The molecule has 1 aromatic heterocycles. The number of nitro benzene ring substituents is 1. The van der Waals surface area contributed by atoms with E-state index in [1.807, 2.05) is 6.07 Å². The Balaban J connectivity index is 1.68. The van der Waals surface area contributed by atoms with Gasteiger partial charge in [-0.05, 0) is 31.0 Å². The van der Waals surface area contributed by atoms with Crippen molar-refractivity contribution >= 4 is 23.2 Å². The topological polar surface area (TPSA) is 98.0 Å². The van der Waals surface area contributed by atoms with Crippen LogP contribution in [-0.2, 0) is 6.54 Å². The van der Waals surface area contributed by atoms with Gasteiger partial charge in [-0.25, -0.2) is 9.97 Å². The van der Waals surface area contributed by atoms with Crippen molar-refractivity contribution in [3.63, 3.8) is 0 Å². The van der Waals surface area contributed by atoms with Crippen LogP contribution in [-0.4, -0.2) is 20.8 Å². The van der Waals surface area contributed by atoms with Crippen molar-refractivity contribution in [3.05, 3.63) is 62.7 Å². The van der Waals surface area contributed by atoms with Crippen LogP contribution in [0, 0.1) is 10.1 Å². The second-order valence-electron chi connectivity index (χ2n) is 5.31. The maximum atomic E-state index is 12.1. The summed E-state index contributed by atoms with van der Waals surface area (Å²) in [6.45, 7) is 0.234. The summed E-state index contributed by atoms with van der Waals surface area (Å²) in [5.41, 5.74) is 1.58. The van der Waals surface area contributed by atoms with Crippen LogP contribution in [0.25, 0.3) is 0 Å². The van der Waals surface area contributed by atoms with Gasteiger partial charge in [0.15, 0.2) is 0 Å². The van der Waals surface area contributed by atoms with Gasteiger partial charge in [-0.3, -0.25) is 14.9 Å². The van der Waals surface area contributed by atoms with E-state index in [4.69, 9.17) is 11.6 Å². The number of halogens is 1. The van der Waals surface area contributed by atoms with E-state index in [0.717, 1.165) is 24.6 Å². The molecule has 0 bridgehead atoms. The van der Waals surface area contributed by atoms with Crippen LogP contribution in [0.4, 0.5) is 5.69 Å². The maximum absolute atomic E-state index is 12.1. The minimum absolute atomic E-state index is 0.00331. The zero-order valence-electron chi connectivity index (χ0n) is 12.0. The van der Waals surface area contributed by atoms with E-state index < -0.39 is 10.8 Å². The molecule has 2 aromatic rings. The molecule has 1 aromatic carbocycles. The fourth-order valence-electron chi connectivity index (χ4n) is 2.18. The maximum Gasteiger partial charge on any atom is 0.288 e. The average Bonchev–Trinajstić information content (AvgIpc) is 3.38. The number of carbonyl (C=O) groups excluding carboxylic acids is 1. The molecule has 0 atom stereocenters. The summed E-state index contributed by atoms with van der Waals surface area (Å²) >= 11 is 5.73. The molecule has 7 nitrogen and oxygen atoms in total. The zero-order valence-corrected chi connectivity index (χ0v) is 12.8. The predicted molar refractivity (Wildman–Crippen MR) is 83.3 cm³/mol. The minimum atomic E-state index is -0.620. The number of nitrogens with zero attached hydrogens (tertiary/aromatic N) is 3. The second kappa shape index (κ2) is 6.29. The van der Waals surface area contributed by atoms with E-state index in [2.05, 4.69) is 15.3 Å². The van der Waals surface area contributed by atoms with Crippen molar-refractivity contribution in [3.8, 4) is 0 Å². The first kappa shape index (κ1) is 15.4. The number of aromatic nitrogens is 2. The first-order valence-corrected chi connectivity index (χ1v) is 7.45.